The molecule has 0 aliphatic carbocycles. The molecule has 0 radical (unpaired) electrons. The molecular weight excluding hydrogens is 342 g/mol. The molecule has 4 heteroatoms. The van der Waals surface area contributed by atoms with Gasteiger partial charge in [-0.05, 0) is 57.2 Å². The molecule has 0 aromatic heterocycles. The predicted octanol–water partition coefficient (Wildman–Crippen LogP) is 5.23. The SMILES string of the molecule is Cc1ccc([C@H]2CCCCCN2S(=O)(=O)c2c(C)cc(C)cc2C)cc1. The van der Waals surface area contributed by atoms with Crippen LogP contribution in [0.4, 0.5) is 0 Å². The maximum atomic E-state index is 13.7. The van der Waals surface area contributed by atoms with Crippen LogP contribution in [0.5, 0.6) is 0 Å². The first kappa shape index (κ1) is 19.1. The molecule has 0 unspecified atom stereocenters. The minimum absolute atomic E-state index is 0.0804. The summed E-state index contributed by atoms with van der Waals surface area (Å²) < 4.78 is 29.1. The van der Waals surface area contributed by atoms with Gasteiger partial charge in [0.1, 0.15) is 0 Å². The summed E-state index contributed by atoms with van der Waals surface area (Å²) in [6.07, 6.45) is 3.95. The van der Waals surface area contributed by atoms with Gasteiger partial charge in [0.15, 0.2) is 0 Å². The van der Waals surface area contributed by atoms with Crippen molar-refractivity contribution < 1.29 is 8.42 Å². The lowest BCUT2D eigenvalue weighted by Gasteiger charge is -2.31. The van der Waals surface area contributed by atoms with Crippen molar-refractivity contribution >= 4 is 10.0 Å². The van der Waals surface area contributed by atoms with Crippen molar-refractivity contribution in [2.45, 2.75) is 64.3 Å². The lowest BCUT2D eigenvalue weighted by atomic mass is 10.0. The van der Waals surface area contributed by atoms with Gasteiger partial charge in [-0.15, -0.1) is 0 Å². The molecule has 0 bridgehead atoms. The second-order valence-corrected chi connectivity index (χ2v) is 9.45. The molecule has 26 heavy (non-hydrogen) atoms. The number of nitrogens with zero attached hydrogens (tertiary/aromatic N) is 1. The summed E-state index contributed by atoms with van der Waals surface area (Å²) in [4.78, 5) is 0.488. The third-order valence-corrected chi connectivity index (χ3v) is 7.55. The number of hydrogen-bond acceptors (Lipinski definition) is 2. The Bertz CT molecular complexity index is 862. The van der Waals surface area contributed by atoms with E-state index in [2.05, 4.69) is 31.2 Å². The first-order chi connectivity index (χ1) is 12.3. The van der Waals surface area contributed by atoms with Crippen molar-refractivity contribution in [1.29, 1.82) is 0 Å². The number of benzene rings is 2. The number of rotatable bonds is 3. The van der Waals surface area contributed by atoms with Gasteiger partial charge in [-0.3, -0.25) is 0 Å². The van der Waals surface area contributed by atoms with Gasteiger partial charge in [-0.1, -0.05) is 60.4 Å². The Kier molecular flexibility index (Phi) is 5.54. The third kappa shape index (κ3) is 3.72. The van der Waals surface area contributed by atoms with Crippen LogP contribution in [0.25, 0.3) is 0 Å². The van der Waals surface area contributed by atoms with Crippen LogP contribution in [-0.4, -0.2) is 19.3 Å². The second kappa shape index (κ2) is 7.53. The summed E-state index contributed by atoms with van der Waals surface area (Å²) in [5, 5.41) is 0. The van der Waals surface area contributed by atoms with E-state index in [1.54, 1.807) is 4.31 Å². The molecule has 1 aliphatic rings. The smallest absolute Gasteiger partial charge is 0.207 e. The molecule has 3 nitrogen and oxygen atoms in total. The normalized spacial score (nSPS) is 19.3. The second-order valence-electron chi connectivity index (χ2n) is 7.62. The van der Waals surface area contributed by atoms with E-state index < -0.39 is 10.0 Å². The standard InChI is InChI=1S/C22H29NO2S/c1-16-9-11-20(12-10-16)21-8-6-5-7-13-23(21)26(24,25)22-18(3)14-17(2)15-19(22)4/h9-12,14-15,21H,5-8,13H2,1-4H3/t21-/m1/s1. The van der Waals surface area contributed by atoms with E-state index in [0.717, 1.165) is 47.9 Å². The Morgan fingerprint density at radius 3 is 2.08 bits per heavy atom. The van der Waals surface area contributed by atoms with Gasteiger partial charge in [0.2, 0.25) is 10.0 Å². The van der Waals surface area contributed by atoms with Gasteiger partial charge in [-0.2, -0.15) is 4.31 Å². The molecule has 2 aromatic rings. The van der Waals surface area contributed by atoms with Crippen LogP contribution < -0.4 is 0 Å². The van der Waals surface area contributed by atoms with E-state index in [4.69, 9.17) is 0 Å². The van der Waals surface area contributed by atoms with Crippen molar-refractivity contribution in [3.05, 3.63) is 64.2 Å². The van der Waals surface area contributed by atoms with Crippen LogP contribution in [0, 0.1) is 27.7 Å². The van der Waals surface area contributed by atoms with Gasteiger partial charge in [0.05, 0.1) is 10.9 Å². The minimum atomic E-state index is -3.54. The average molecular weight is 372 g/mol. The fourth-order valence-corrected chi connectivity index (χ4v) is 6.28. The molecule has 1 fully saturated rings. The molecule has 0 N–H and O–H groups in total. The Hall–Kier alpha value is -1.65. The molecule has 1 aliphatic heterocycles. The lowest BCUT2D eigenvalue weighted by Crippen LogP contribution is -2.35. The van der Waals surface area contributed by atoms with Gasteiger partial charge < -0.3 is 0 Å². The number of aryl methyl sites for hydroxylation is 4. The molecular formula is C22H29NO2S. The summed E-state index contributed by atoms with van der Waals surface area (Å²) in [6.45, 7) is 8.48. The van der Waals surface area contributed by atoms with E-state index in [-0.39, 0.29) is 6.04 Å². The quantitative estimate of drug-likeness (QED) is 0.741. The zero-order valence-electron chi connectivity index (χ0n) is 16.2. The van der Waals surface area contributed by atoms with E-state index in [9.17, 15) is 8.42 Å². The highest BCUT2D eigenvalue weighted by Crippen LogP contribution is 2.36. The Morgan fingerprint density at radius 2 is 1.46 bits per heavy atom. The summed E-state index contributed by atoms with van der Waals surface area (Å²) in [6, 6.07) is 12.2. The fourth-order valence-electron chi connectivity index (χ4n) is 4.18. The summed E-state index contributed by atoms with van der Waals surface area (Å²) in [5.74, 6) is 0. The Balaban J connectivity index is 2.09. The largest absolute Gasteiger partial charge is 0.244 e. The van der Waals surface area contributed by atoms with Crippen molar-refractivity contribution in [2.24, 2.45) is 0 Å². The van der Waals surface area contributed by atoms with Crippen molar-refractivity contribution in [3.63, 3.8) is 0 Å². The molecule has 0 spiro atoms. The highest BCUT2D eigenvalue weighted by molar-refractivity contribution is 7.89. The number of hydrogen-bond donors (Lipinski definition) is 0. The Morgan fingerprint density at radius 1 is 0.846 bits per heavy atom. The topological polar surface area (TPSA) is 37.4 Å². The van der Waals surface area contributed by atoms with E-state index in [0.29, 0.717) is 11.4 Å². The van der Waals surface area contributed by atoms with Gasteiger partial charge in [0.25, 0.3) is 0 Å². The van der Waals surface area contributed by atoms with Crippen LogP contribution >= 0.6 is 0 Å². The molecule has 1 saturated heterocycles. The van der Waals surface area contributed by atoms with Crippen molar-refractivity contribution in [2.75, 3.05) is 6.54 Å². The number of sulfonamides is 1. The van der Waals surface area contributed by atoms with Crippen LogP contribution in [-0.2, 0) is 10.0 Å². The summed E-state index contributed by atoms with van der Waals surface area (Å²) in [5.41, 5.74) is 5.08. The summed E-state index contributed by atoms with van der Waals surface area (Å²) >= 11 is 0. The third-order valence-electron chi connectivity index (χ3n) is 5.34. The first-order valence-electron chi connectivity index (χ1n) is 9.47. The predicted molar refractivity (Wildman–Crippen MR) is 107 cm³/mol. The average Bonchev–Trinajstić information content (AvgIpc) is 2.80. The molecule has 3 rings (SSSR count). The van der Waals surface area contributed by atoms with E-state index >= 15 is 0 Å². The zero-order valence-corrected chi connectivity index (χ0v) is 17.1. The maximum absolute atomic E-state index is 13.7. The van der Waals surface area contributed by atoms with Crippen LogP contribution in [0.15, 0.2) is 41.3 Å². The maximum Gasteiger partial charge on any atom is 0.244 e. The molecule has 1 heterocycles. The lowest BCUT2D eigenvalue weighted by molar-refractivity contribution is 0.328. The molecule has 140 valence electrons. The molecule has 0 saturated carbocycles. The highest BCUT2D eigenvalue weighted by atomic mass is 32.2. The highest BCUT2D eigenvalue weighted by Gasteiger charge is 2.35. The van der Waals surface area contributed by atoms with Gasteiger partial charge in [-0.25, -0.2) is 8.42 Å². The molecule has 0 amide bonds. The summed E-state index contributed by atoms with van der Waals surface area (Å²) in [7, 11) is -3.54. The van der Waals surface area contributed by atoms with Gasteiger partial charge in [0, 0.05) is 6.54 Å². The van der Waals surface area contributed by atoms with Crippen molar-refractivity contribution in [3.8, 4) is 0 Å². The molecule has 1 atom stereocenters. The first-order valence-corrected chi connectivity index (χ1v) is 10.9. The Labute approximate surface area is 158 Å². The monoisotopic (exact) mass is 371 g/mol. The zero-order chi connectivity index (χ0) is 18.9. The van der Waals surface area contributed by atoms with Crippen LogP contribution in [0.1, 0.15) is 59.5 Å². The van der Waals surface area contributed by atoms with Gasteiger partial charge >= 0.3 is 0 Å². The van der Waals surface area contributed by atoms with Crippen LogP contribution in [0.2, 0.25) is 0 Å². The van der Waals surface area contributed by atoms with E-state index in [1.165, 1.54) is 5.56 Å². The van der Waals surface area contributed by atoms with E-state index in [1.807, 2.05) is 32.9 Å². The fraction of sp³-hybridized carbons (Fsp3) is 0.455. The molecule has 2 aromatic carbocycles. The van der Waals surface area contributed by atoms with Crippen molar-refractivity contribution in [1.82, 2.24) is 4.31 Å². The van der Waals surface area contributed by atoms with Crippen LogP contribution in [0.3, 0.4) is 0 Å². The minimum Gasteiger partial charge on any atom is -0.207 e.